The van der Waals surface area contributed by atoms with Gasteiger partial charge in [0.1, 0.15) is 0 Å². The molecule has 0 saturated carbocycles. The predicted molar refractivity (Wildman–Crippen MR) is 55.5 cm³/mol. The summed E-state index contributed by atoms with van der Waals surface area (Å²) in [7, 11) is 0. The molecule has 0 spiro atoms. The summed E-state index contributed by atoms with van der Waals surface area (Å²) < 4.78 is 7.01. The lowest BCUT2D eigenvalue weighted by Crippen LogP contribution is -2.08. The normalized spacial score (nSPS) is 10.6. The third-order valence-electron chi connectivity index (χ3n) is 2.23. The third-order valence-corrected chi connectivity index (χ3v) is 2.23. The predicted octanol–water partition coefficient (Wildman–Crippen LogP) is 2.55. The van der Waals surface area contributed by atoms with Crippen molar-refractivity contribution in [3.05, 3.63) is 23.5 Å². The van der Waals surface area contributed by atoms with Crippen molar-refractivity contribution in [2.24, 2.45) is 0 Å². The number of hydrogen-bond acceptors (Lipinski definition) is 2. The highest BCUT2D eigenvalue weighted by Gasteiger charge is 2.14. The molecule has 0 amide bonds. The van der Waals surface area contributed by atoms with Gasteiger partial charge in [0.2, 0.25) is 0 Å². The van der Waals surface area contributed by atoms with Crippen LogP contribution in [0.4, 0.5) is 0 Å². The van der Waals surface area contributed by atoms with Gasteiger partial charge in [0.25, 0.3) is 0 Å². The number of carbonyl (C=O) groups excluding carboxylic acids is 1. The molecule has 3 heteroatoms. The summed E-state index contributed by atoms with van der Waals surface area (Å²) in [6, 6.07) is 2.19. The van der Waals surface area contributed by atoms with Crippen LogP contribution in [0.2, 0.25) is 0 Å². The first-order chi connectivity index (χ1) is 6.57. The Morgan fingerprint density at radius 2 is 2.21 bits per heavy atom. The van der Waals surface area contributed by atoms with Crippen LogP contribution in [0.25, 0.3) is 0 Å². The van der Waals surface area contributed by atoms with E-state index in [1.54, 1.807) is 0 Å². The van der Waals surface area contributed by atoms with Crippen molar-refractivity contribution in [2.75, 3.05) is 6.61 Å². The second kappa shape index (κ2) is 4.31. The second-order valence-electron chi connectivity index (χ2n) is 3.54. The molecule has 0 atom stereocenters. The van der Waals surface area contributed by atoms with Crippen molar-refractivity contribution in [1.82, 2.24) is 4.57 Å². The van der Waals surface area contributed by atoms with Gasteiger partial charge in [-0.05, 0) is 33.8 Å². The number of aromatic nitrogens is 1. The molecule has 0 saturated heterocycles. The quantitative estimate of drug-likeness (QED) is 0.694. The lowest BCUT2D eigenvalue weighted by Gasteiger charge is -2.10. The highest BCUT2D eigenvalue weighted by molar-refractivity contribution is 5.90. The maximum absolute atomic E-state index is 11.5. The summed E-state index contributed by atoms with van der Waals surface area (Å²) in [6.07, 6.45) is 1.92. The van der Waals surface area contributed by atoms with Crippen LogP contribution < -0.4 is 0 Å². The van der Waals surface area contributed by atoms with Crippen molar-refractivity contribution >= 4 is 5.97 Å². The highest BCUT2D eigenvalue weighted by Crippen LogP contribution is 2.16. The molecule has 0 N–H and O–H groups in total. The molecule has 1 rings (SSSR count). The van der Waals surface area contributed by atoms with Crippen molar-refractivity contribution in [3.63, 3.8) is 0 Å². The van der Waals surface area contributed by atoms with Gasteiger partial charge in [-0.2, -0.15) is 0 Å². The van der Waals surface area contributed by atoms with Crippen LogP contribution in [0.5, 0.6) is 0 Å². The van der Waals surface area contributed by atoms with Crippen LogP contribution >= 0.6 is 0 Å². The van der Waals surface area contributed by atoms with Crippen LogP contribution in [0.15, 0.2) is 12.3 Å². The Bertz CT molecular complexity index is 326. The van der Waals surface area contributed by atoms with Crippen molar-refractivity contribution < 1.29 is 9.53 Å². The van der Waals surface area contributed by atoms with Crippen LogP contribution in [0.1, 0.15) is 42.9 Å². The Morgan fingerprint density at radius 1 is 1.57 bits per heavy atom. The summed E-state index contributed by atoms with van der Waals surface area (Å²) in [4.78, 5) is 11.5. The molecule has 1 aromatic heterocycles. The van der Waals surface area contributed by atoms with E-state index in [1.807, 2.05) is 26.1 Å². The maximum atomic E-state index is 11.5. The van der Waals surface area contributed by atoms with E-state index >= 15 is 0 Å². The van der Waals surface area contributed by atoms with E-state index < -0.39 is 0 Å². The fourth-order valence-corrected chi connectivity index (χ4v) is 1.51. The van der Waals surface area contributed by atoms with Gasteiger partial charge in [0, 0.05) is 17.9 Å². The molecule has 0 aliphatic rings. The number of nitrogens with zero attached hydrogens (tertiary/aromatic N) is 1. The number of carbonyl (C=O) groups is 1. The Kier molecular flexibility index (Phi) is 3.33. The van der Waals surface area contributed by atoms with Gasteiger partial charge < -0.3 is 9.30 Å². The third kappa shape index (κ3) is 1.97. The van der Waals surface area contributed by atoms with Crippen molar-refractivity contribution in [1.29, 1.82) is 0 Å². The molecular formula is C11H17NO2. The van der Waals surface area contributed by atoms with Gasteiger partial charge in [-0.1, -0.05) is 0 Å². The van der Waals surface area contributed by atoms with Crippen LogP contribution in [-0.4, -0.2) is 17.1 Å². The smallest absolute Gasteiger partial charge is 0.339 e. The molecule has 0 fully saturated rings. The number of hydrogen-bond donors (Lipinski definition) is 0. The van der Waals surface area contributed by atoms with Crippen LogP contribution in [-0.2, 0) is 4.74 Å². The van der Waals surface area contributed by atoms with Crippen molar-refractivity contribution in [3.8, 4) is 0 Å². The fraction of sp³-hybridized carbons (Fsp3) is 0.545. The number of ether oxygens (including phenoxy) is 1. The molecule has 78 valence electrons. The lowest BCUT2D eigenvalue weighted by molar-refractivity contribution is 0.0525. The van der Waals surface area contributed by atoms with Gasteiger partial charge in [-0.25, -0.2) is 4.79 Å². The molecule has 3 nitrogen and oxygen atoms in total. The zero-order valence-electron chi connectivity index (χ0n) is 9.20. The second-order valence-corrected chi connectivity index (χ2v) is 3.54. The molecule has 0 aliphatic heterocycles. The molecule has 0 aromatic carbocycles. The summed E-state index contributed by atoms with van der Waals surface area (Å²) in [6.45, 7) is 8.34. The Labute approximate surface area is 84.7 Å². The Morgan fingerprint density at radius 3 is 2.64 bits per heavy atom. The van der Waals surface area contributed by atoms with Crippen LogP contribution in [0.3, 0.4) is 0 Å². The van der Waals surface area contributed by atoms with E-state index in [9.17, 15) is 4.79 Å². The molecule has 0 bridgehead atoms. The minimum Gasteiger partial charge on any atom is -0.462 e. The standard InChI is InChI=1S/C11H17NO2/c1-5-14-11(13)10-6-7-12(8(2)3)9(10)4/h6-8H,5H2,1-4H3. The Balaban J connectivity index is 2.95. The van der Waals surface area contributed by atoms with E-state index in [2.05, 4.69) is 18.4 Å². The highest BCUT2D eigenvalue weighted by atomic mass is 16.5. The average Bonchev–Trinajstić information content (AvgIpc) is 2.47. The topological polar surface area (TPSA) is 31.2 Å². The Hall–Kier alpha value is -1.25. The van der Waals surface area contributed by atoms with E-state index in [0.717, 1.165) is 5.69 Å². The van der Waals surface area contributed by atoms with Gasteiger partial charge in [0.15, 0.2) is 0 Å². The molecule has 1 aromatic rings. The van der Waals surface area contributed by atoms with Gasteiger partial charge in [-0.3, -0.25) is 0 Å². The van der Waals surface area contributed by atoms with E-state index in [1.165, 1.54) is 0 Å². The first-order valence-electron chi connectivity index (χ1n) is 4.92. The minimum atomic E-state index is -0.232. The van der Waals surface area contributed by atoms with Gasteiger partial charge >= 0.3 is 5.97 Å². The van der Waals surface area contributed by atoms with E-state index in [-0.39, 0.29) is 5.97 Å². The van der Waals surface area contributed by atoms with Crippen LogP contribution in [0, 0.1) is 6.92 Å². The molecule has 14 heavy (non-hydrogen) atoms. The summed E-state index contributed by atoms with van der Waals surface area (Å²) >= 11 is 0. The average molecular weight is 195 g/mol. The summed E-state index contributed by atoms with van der Waals surface area (Å²) in [5.74, 6) is -0.232. The monoisotopic (exact) mass is 195 g/mol. The van der Waals surface area contributed by atoms with E-state index in [0.29, 0.717) is 18.2 Å². The molecule has 0 radical (unpaired) electrons. The van der Waals surface area contributed by atoms with Gasteiger partial charge in [0.05, 0.1) is 12.2 Å². The lowest BCUT2D eigenvalue weighted by atomic mass is 10.2. The summed E-state index contributed by atoms with van der Waals surface area (Å²) in [5.41, 5.74) is 1.64. The molecule has 0 aliphatic carbocycles. The fourth-order valence-electron chi connectivity index (χ4n) is 1.51. The largest absolute Gasteiger partial charge is 0.462 e. The summed E-state index contributed by atoms with van der Waals surface area (Å²) in [5, 5.41) is 0. The SMILES string of the molecule is CCOC(=O)c1ccn(C(C)C)c1C. The van der Waals surface area contributed by atoms with Crippen molar-refractivity contribution in [2.45, 2.75) is 33.7 Å². The first kappa shape index (κ1) is 10.8. The number of esters is 1. The minimum absolute atomic E-state index is 0.232. The molecule has 0 unspecified atom stereocenters. The molecule has 1 heterocycles. The molecular weight excluding hydrogens is 178 g/mol. The van der Waals surface area contributed by atoms with Gasteiger partial charge in [-0.15, -0.1) is 0 Å². The first-order valence-corrected chi connectivity index (χ1v) is 4.92. The zero-order valence-corrected chi connectivity index (χ0v) is 9.20. The number of rotatable bonds is 3. The zero-order chi connectivity index (χ0) is 10.7. The maximum Gasteiger partial charge on any atom is 0.339 e. The van der Waals surface area contributed by atoms with E-state index in [4.69, 9.17) is 4.74 Å².